The van der Waals surface area contributed by atoms with Crippen LogP contribution in [0.4, 0.5) is 5.69 Å². The van der Waals surface area contributed by atoms with Crippen molar-refractivity contribution in [1.82, 2.24) is 5.32 Å². The number of ether oxygens (including phenoxy) is 1. The Morgan fingerprint density at radius 2 is 2.04 bits per heavy atom. The maximum absolute atomic E-state index is 12.2. The van der Waals surface area contributed by atoms with Crippen LogP contribution in [-0.4, -0.2) is 22.7 Å². The number of phenols is 1. The lowest BCUT2D eigenvalue weighted by Gasteiger charge is -2.11. The first-order valence-corrected chi connectivity index (χ1v) is 8.04. The van der Waals surface area contributed by atoms with Gasteiger partial charge in [-0.15, -0.1) is 0 Å². The highest BCUT2D eigenvalue weighted by Crippen LogP contribution is 2.26. The molecular formula is C16H15BrN2O3S. The molecule has 120 valence electrons. The topological polar surface area (TPSA) is 70.6 Å². The Morgan fingerprint density at radius 1 is 1.30 bits per heavy atom. The van der Waals surface area contributed by atoms with Crippen LogP contribution in [0.5, 0.6) is 11.5 Å². The fourth-order valence-corrected chi connectivity index (χ4v) is 2.52. The molecule has 7 heteroatoms. The molecule has 0 saturated carbocycles. The molecule has 0 aliphatic rings. The van der Waals surface area contributed by atoms with E-state index in [2.05, 4.69) is 26.6 Å². The van der Waals surface area contributed by atoms with Crippen molar-refractivity contribution in [3.05, 3.63) is 52.5 Å². The molecule has 0 fully saturated rings. The van der Waals surface area contributed by atoms with E-state index in [4.69, 9.17) is 17.0 Å². The molecule has 0 spiro atoms. The first-order chi connectivity index (χ1) is 11.0. The molecule has 0 aliphatic heterocycles. The van der Waals surface area contributed by atoms with Gasteiger partial charge >= 0.3 is 0 Å². The molecule has 5 nitrogen and oxygen atoms in total. The maximum atomic E-state index is 12.2. The van der Waals surface area contributed by atoms with Gasteiger partial charge in [0.25, 0.3) is 5.91 Å². The molecule has 0 aliphatic carbocycles. The van der Waals surface area contributed by atoms with Gasteiger partial charge in [0, 0.05) is 5.56 Å². The molecule has 0 unspecified atom stereocenters. The van der Waals surface area contributed by atoms with Gasteiger partial charge in [-0.3, -0.25) is 10.1 Å². The monoisotopic (exact) mass is 394 g/mol. The number of thiocarbonyl (C=S) groups is 1. The second kappa shape index (κ2) is 7.94. The molecule has 0 bridgehead atoms. The SMILES string of the molecule is CCOc1ccc(C(=O)NC(=S)Nc2ccccc2O)cc1Br. The van der Waals surface area contributed by atoms with Crippen molar-refractivity contribution in [2.45, 2.75) is 6.92 Å². The highest BCUT2D eigenvalue weighted by atomic mass is 79.9. The number of aromatic hydroxyl groups is 1. The second-order valence-electron chi connectivity index (χ2n) is 4.50. The summed E-state index contributed by atoms with van der Waals surface area (Å²) in [4.78, 5) is 12.2. The van der Waals surface area contributed by atoms with Gasteiger partial charge in [-0.2, -0.15) is 0 Å². The van der Waals surface area contributed by atoms with Gasteiger partial charge < -0.3 is 15.2 Å². The van der Waals surface area contributed by atoms with Crippen LogP contribution in [0.15, 0.2) is 46.9 Å². The predicted octanol–water partition coefficient (Wildman–Crippen LogP) is 3.68. The number of anilines is 1. The van der Waals surface area contributed by atoms with Crippen LogP contribution in [0, 0.1) is 0 Å². The minimum absolute atomic E-state index is 0.0490. The Morgan fingerprint density at radius 3 is 2.70 bits per heavy atom. The molecule has 2 aromatic carbocycles. The molecule has 23 heavy (non-hydrogen) atoms. The van der Waals surface area contributed by atoms with Gasteiger partial charge in [0.1, 0.15) is 11.5 Å². The first kappa shape index (κ1) is 17.2. The predicted molar refractivity (Wildman–Crippen MR) is 97.1 cm³/mol. The van der Waals surface area contributed by atoms with Crippen molar-refractivity contribution in [3.8, 4) is 11.5 Å². The molecule has 0 aromatic heterocycles. The molecular weight excluding hydrogens is 380 g/mol. The molecule has 0 atom stereocenters. The fraction of sp³-hybridized carbons (Fsp3) is 0.125. The lowest BCUT2D eigenvalue weighted by Crippen LogP contribution is -2.34. The number of hydrogen-bond donors (Lipinski definition) is 3. The minimum atomic E-state index is -0.360. The quantitative estimate of drug-likeness (QED) is 0.544. The Kier molecular flexibility index (Phi) is 5.95. The number of carbonyl (C=O) groups excluding carboxylic acids is 1. The molecule has 1 amide bonds. The number of hydrogen-bond acceptors (Lipinski definition) is 4. The summed E-state index contributed by atoms with van der Waals surface area (Å²) >= 11 is 8.44. The van der Waals surface area contributed by atoms with Crippen molar-refractivity contribution in [3.63, 3.8) is 0 Å². The van der Waals surface area contributed by atoms with Crippen molar-refractivity contribution < 1.29 is 14.6 Å². The smallest absolute Gasteiger partial charge is 0.257 e. The number of rotatable bonds is 4. The first-order valence-electron chi connectivity index (χ1n) is 6.84. The number of nitrogens with one attached hydrogen (secondary N) is 2. The highest BCUT2D eigenvalue weighted by molar-refractivity contribution is 9.10. The van der Waals surface area contributed by atoms with Crippen LogP contribution in [0.1, 0.15) is 17.3 Å². The van der Waals surface area contributed by atoms with Gasteiger partial charge in [0.05, 0.1) is 16.8 Å². The van der Waals surface area contributed by atoms with Crippen molar-refractivity contribution >= 4 is 44.9 Å². The van der Waals surface area contributed by atoms with Gasteiger partial charge in [0.15, 0.2) is 5.11 Å². The molecule has 0 radical (unpaired) electrons. The summed E-state index contributed by atoms with van der Waals surface area (Å²) in [6.07, 6.45) is 0. The van der Waals surface area contributed by atoms with E-state index in [1.807, 2.05) is 6.92 Å². The van der Waals surface area contributed by atoms with Crippen LogP contribution in [0.3, 0.4) is 0 Å². The van der Waals surface area contributed by atoms with E-state index in [0.717, 1.165) is 0 Å². The standard InChI is InChI=1S/C16H15BrN2O3S/c1-2-22-14-8-7-10(9-11(14)17)15(21)19-16(23)18-12-5-3-4-6-13(12)20/h3-9,20H,2H2,1H3,(H2,18,19,21,23). The van der Waals surface area contributed by atoms with E-state index in [-0.39, 0.29) is 16.8 Å². The highest BCUT2D eigenvalue weighted by Gasteiger charge is 2.11. The van der Waals surface area contributed by atoms with Crippen molar-refractivity contribution in [2.75, 3.05) is 11.9 Å². The molecule has 3 N–H and O–H groups in total. The molecule has 0 heterocycles. The summed E-state index contributed by atoms with van der Waals surface area (Å²) in [5.41, 5.74) is 0.854. The third-order valence-electron chi connectivity index (χ3n) is 2.87. The van der Waals surface area contributed by atoms with Crippen LogP contribution >= 0.6 is 28.1 Å². The molecule has 2 rings (SSSR count). The van der Waals surface area contributed by atoms with E-state index in [9.17, 15) is 9.90 Å². The van der Waals surface area contributed by atoms with Gasteiger partial charge in [-0.1, -0.05) is 12.1 Å². The zero-order chi connectivity index (χ0) is 16.8. The fourth-order valence-electron chi connectivity index (χ4n) is 1.82. The number of amides is 1. The largest absolute Gasteiger partial charge is 0.506 e. The Hall–Kier alpha value is -2.12. The molecule has 2 aromatic rings. The normalized spacial score (nSPS) is 10.0. The van der Waals surface area contributed by atoms with Crippen molar-refractivity contribution in [2.24, 2.45) is 0 Å². The van der Waals surface area contributed by atoms with Crippen LogP contribution in [-0.2, 0) is 0 Å². The third kappa shape index (κ3) is 4.67. The average molecular weight is 395 g/mol. The minimum Gasteiger partial charge on any atom is -0.506 e. The zero-order valence-corrected chi connectivity index (χ0v) is 14.7. The summed E-state index contributed by atoms with van der Waals surface area (Å²) in [5, 5.41) is 15.1. The van der Waals surface area contributed by atoms with E-state index in [1.165, 1.54) is 6.07 Å². The number of carbonyl (C=O) groups is 1. The zero-order valence-electron chi connectivity index (χ0n) is 12.3. The summed E-state index contributed by atoms with van der Waals surface area (Å²) in [7, 11) is 0. The van der Waals surface area contributed by atoms with Crippen LogP contribution < -0.4 is 15.4 Å². The third-order valence-corrected chi connectivity index (χ3v) is 3.70. The molecule has 0 saturated heterocycles. The summed E-state index contributed by atoms with van der Waals surface area (Å²) in [6, 6.07) is 11.6. The number of para-hydroxylation sites is 2. The van der Waals surface area contributed by atoms with Gasteiger partial charge in [-0.05, 0) is 65.4 Å². The van der Waals surface area contributed by atoms with E-state index in [0.29, 0.717) is 28.1 Å². The van der Waals surface area contributed by atoms with Gasteiger partial charge in [-0.25, -0.2) is 0 Å². The summed E-state index contributed by atoms with van der Waals surface area (Å²) in [6.45, 7) is 2.43. The van der Waals surface area contributed by atoms with Gasteiger partial charge in [0.2, 0.25) is 0 Å². The van der Waals surface area contributed by atoms with Crippen LogP contribution in [0.25, 0.3) is 0 Å². The maximum Gasteiger partial charge on any atom is 0.257 e. The van der Waals surface area contributed by atoms with Crippen molar-refractivity contribution in [1.29, 1.82) is 0 Å². The summed E-state index contributed by atoms with van der Waals surface area (Å²) < 4.78 is 6.09. The Balaban J connectivity index is 2.02. The number of halogens is 1. The number of phenolic OH excluding ortho intramolecular Hbond substituents is 1. The Bertz CT molecular complexity index is 737. The van der Waals surface area contributed by atoms with Crippen LogP contribution in [0.2, 0.25) is 0 Å². The Labute approximate surface area is 147 Å². The lowest BCUT2D eigenvalue weighted by molar-refractivity contribution is 0.0977. The summed E-state index contributed by atoms with van der Waals surface area (Å²) in [5.74, 6) is 0.355. The van der Waals surface area contributed by atoms with E-state index < -0.39 is 0 Å². The average Bonchev–Trinajstić information content (AvgIpc) is 2.51. The van der Waals surface area contributed by atoms with E-state index in [1.54, 1.807) is 36.4 Å². The number of benzene rings is 2. The second-order valence-corrected chi connectivity index (χ2v) is 5.77. The lowest BCUT2D eigenvalue weighted by atomic mass is 10.2. The van der Waals surface area contributed by atoms with E-state index >= 15 is 0 Å².